The number of hydrogen-bond acceptors (Lipinski definition) is 2. The molecule has 1 N–H and O–H groups in total. The molecule has 0 spiro atoms. The van der Waals surface area contributed by atoms with Gasteiger partial charge in [-0.15, -0.1) is 0 Å². The maximum Gasteiger partial charge on any atom is 0.336 e. The van der Waals surface area contributed by atoms with Gasteiger partial charge in [-0.3, -0.25) is 0 Å². The molecule has 1 fully saturated rings. The van der Waals surface area contributed by atoms with Crippen molar-refractivity contribution in [3.63, 3.8) is 0 Å². The van der Waals surface area contributed by atoms with Crippen molar-refractivity contribution in [1.29, 1.82) is 0 Å². The third-order valence-electron chi connectivity index (χ3n) is 4.86. The number of aromatic carboxylic acids is 1. The molecular formula is C19H26N2O2. The molecule has 4 nitrogen and oxygen atoms in total. The molecule has 0 radical (unpaired) electrons. The van der Waals surface area contributed by atoms with Crippen LogP contribution in [-0.4, -0.2) is 40.2 Å². The lowest BCUT2D eigenvalue weighted by atomic mass is 10.0. The Kier molecular flexibility index (Phi) is 5.01. The highest BCUT2D eigenvalue weighted by Gasteiger charge is 2.18. The number of nitrogens with zero attached hydrogens (tertiary/aromatic N) is 2. The minimum atomic E-state index is -0.828. The number of carboxylic acids is 1. The van der Waals surface area contributed by atoms with Gasteiger partial charge in [0.25, 0.3) is 0 Å². The van der Waals surface area contributed by atoms with Gasteiger partial charge in [0.1, 0.15) is 0 Å². The summed E-state index contributed by atoms with van der Waals surface area (Å²) < 4.78 is 2.24. The molecule has 23 heavy (non-hydrogen) atoms. The summed E-state index contributed by atoms with van der Waals surface area (Å²) in [6, 6.07) is 5.64. The Hall–Kier alpha value is -1.81. The number of aryl methyl sites for hydroxylation is 1. The first-order valence-electron chi connectivity index (χ1n) is 8.77. The SMILES string of the molecule is CCCCn1cc(CCN2CCCC2)c2c(C(=O)O)cccc21. The van der Waals surface area contributed by atoms with Crippen molar-refractivity contribution in [3.8, 4) is 0 Å². The molecule has 1 aromatic carbocycles. The van der Waals surface area contributed by atoms with Crippen LogP contribution in [0, 0.1) is 0 Å². The predicted octanol–water partition coefficient (Wildman–Crippen LogP) is 3.78. The number of likely N-dealkylation sites (tertiary alicyclic amines) is 1. The molecule has 1 aliphatic heterocycles. The summed E-state index contributed by atoms with van der Waals surface area (Å²) in [6.07, 6.45) is 7.95. The quantitative estimate of drug-likeness (QED) is 0.846. The van der Waals surface area contributed by atoms with Crippen LogP contribution in [0.5, 0.6) is 0 Å². The second-order valence-electron chi connectivity index (χ2n) is 6.50. The van der Waals surface area contributed by atoms with E-state index in [-0.39, 0.29) is 0 Å². The van der Waals surface area contributed by atoms with E-state index in [9.17, 15) is 9.90 Å². The monoisotopic (exact) mass is 314 g/mol. The van der Waals surface area contributed by atoms with Gasteiger partial charge >= 0.3 is 5.97 Å². The lowest BCUT2D eigenvalue weighted by Gasteiger charge is -2.13. The Morgan fingerprint density at radius 2 is 2.00 bits per heavy atom. The van der Waals surface area contributed by atoms with Gasteiger partial charge in [-0.1, -0.05) is 19.4 Å². The second-order valence-corrected chi connectivity index (χ2v) is 6.50. The van der Waals surface area contributed by atoms with Gasteiger partial charge in [-0.05, 0) is 56.5 Å². The van der Waals surface area contributed by atoms with E-state index in [0.29, 0.717) is 5.56 Å². The molecule has 0 atom stereocenters. The summed E-state index contributed by atoms with van der Waals surface area (Å²) in [4.78, 5) is 14.1. The molecule has 1 saturated heterocycles. The first-order valence-corrected chi connectivity index (χ1v) is 8.77. The van der Waals surface area contributed by atoms with Gasteiger partial charge in [0, 0.05) is 30.2 Å². The van der Waals surface area contributed by atoms with Gasteiger partial charge in [0.05, 0.1) is 5.56 Å². The number of carbonyl (C=O) groups is 1. The highest BCUT2D eigenvalue weighted by molar-refractivity contribution is 6.04. The van der Waals surface area contributed by atoms with E-state index < -0.39 is 5.97 Å². The van der Waals surface area contributed by atoms with Crippen molar-refractivity contribution in [2.45, 2.75) is 45.6 Å². The Balaban J connectivity index is 1.94. The van der Waals surface area contributed by atoms with Gasteiger partial charge in [0.15, 0.2) is 0 Å². The Morgan fingerprint density at radius 1 is 1.22 bits per heavy atom. The number of rotatable bonds is 7. The lowest BCUT2D eigenvalue weighted by Crippen LogP contribution is -2.21. The second kappa shape index (κ2) is 7.18. The van der Waals surface area contributed by atoms with Crippen molar-refractivity contribution in [2.24, 2.45) is 0 Å². The van der Waals surface area contributed by atoms with Crippen molar-refractivity contribution in [3.05, 3.63) is 35.5 Å². The summed E-state index contributed by atoms with van der Waals surface area (Å²) >= 11 is 0. The zero-order chi connectivity index (χ0) is 16.2. The minimum Gasteiger partial charge on any atom is -0.478 e. The van der Waals surface area contributed by atoms with Crippen LogP contribution in [0.25, 0.3) is 10.9 Å². The van der Waals surface area contributed by atoms with Crippen molar-refractivity contribution < 1.29 is 9.90 Å². The molecule has 0 saturated carbocycles. The van der Waals surface area contributed by atoms with Crippen molar-refractivity contribution >= 4 is 16.9 Å². The molecule has 2 aromatic rings. The number of benzene rings is 1. The third-order valence-corrected chi connectivity index (χ3v) is 4.86. The van der Waals surface area contributed by atoms with Gasteiger partial charge in [-0.2, -0.15) is 0 Å². The number of carboxylic acid groups (broad SMARTS) is 1. The number of unbranched alkanes of at least 4 members (excludes halogenated alkanes) is 1. The van der Waals surface area contributed by atoms with E-state index in [2.05, 4.69) is 28.7 Å². The highest BCUT2D eigenvalue weighted by atomic mass is 16.4. The summed E-state index contributed by atoms with van der Waals surface area (Å²) in [6.45, 7) is 6.53. The minimum absolute atomic E-state index is 0.439. The molecule has 1 aromatic heterocycles. The van der Waals surface area contributed by atoms with Crippen LogP contribution in [0.15, 0.2) is 24.4 Å². The van der Waals surface area contributed by atoms with E-state index in [4.69, 9.17) is 0 Å². The topological polar surface area (TPSA) is 45.5 Å². The van der Waals surface area contributed by atoms with Crippen molar-refractivity contribution in [2.75, 3.05) is 19.6 Å². The van der Waals surface area contributed by atoms with Crippen LogP contribution in [0.3, 0.4) is 0 Å². The van der Waals surface area contributed by atoms with Crippen LogP contribution in [0.1, 0.15) is 48.5 Å². The van der Waals surface area contributed by atoms with E-state index in [1.807, 2.05) is 6.07 Å². The van der Waals surface area contributed by atoms with Gasteiger partial charge < -0.3 is 14.6 Å². The summed E-state index contributed by atoms with van der Waals surface area (Å²) in [5, 5.41) is 10.5. The molecule has 2 heterocycles. The number of fused-ring (bicyclic) bond motifs is 1. The molecule has 0 amide bonds. The first kappa shape index (κ1) is 16.1. The van der Waals surface area contributed by atoms with Crippen LogP contribution < -0.4 is 0 Å². The summed E-state index contributed by atoms with van der Waals surface area (Å²) in [5.41, 5.74) is 2.69. The average Bonchev–Trinajstić information content (AvgIpc) is 3.18. The molecule has 124 valence electrons. The van der Waals surface area contributed by atoms with E-state index in [0.717, 1.165) is 43.3 Å². The molecule has 0 unspecified atom stereocenters. The maximum absolute atomic E-state index is 11.6. The molecule has 3 rings (SSSR count). The number of aromatic nitrogens is 1. The van der Waals surface area contributed by atoms with Crippen LogP contribution in [0.2, 0.25) is 0 Å². The van der Waals surface area contributed by atoms with Gasteiger partial charge in [0.2, 0.25) is 0 Å². The molecular weight excluding hydrogens is 288 g/mol. The Morgan fingerprint density at radius 3 is 2.70 bits per heavy atom. The summed E-state index contributed by atoms with van der Waals surface area (Å²) in [5.74, 6) is -0.828. The van der Waals surface area contributed by atoms with E-state index in [1.54, 1.807) is 6.07 Å². The molecule has 4 heteroatoms. The van der Waals surface area contributed by atoms with Crippen molar-refractivity contribution in [1.82, 2.24) is 9.47 Å². The standard InChI is InChI=1S/C19H26N2O2/c1-2-3-12-21-14-15(9-13-20-10-4-5-11-20)18-16(19(22)23)7-6-8-17(18)21/h6-8,14H,2-5,9-13H2,1H3,(H,22,23). The Bertz CT molecular complexity index is 684. The average molecular weight is 314 g/mol. The predicted molar refractivity (Wildman–Crippen MR) is 93.2 cm³/mol. The van der Waals surface area contributed by atoms with Crippen LogP contribution >= 0.6 is 0 Å². The fourth-order valence-corrected chi connectivity index (χ4v) is 3.61. The first-order chi connectivity index (χ1) is 11.2. The largest absolute Gasteiger partial charge is 0.478 e. The normalized spacial score (nSPS) is 15.5. The fourth-order valence-electron chi connectivity index (χ4n) is 3.61. The fraction of sp³-hybridized carbons (Fsp3) is 0.526. The zero-order valence-corrected chi connectivity index (χ0v) is 13.9. The van der Waals surface area contributed by atoms with Crippen LogP contribution in [0.4, 0.5) is 0 Å². The zero-order valence-electron chi connectivity index (χ0n) is 13.9. The smallest absolute Gasteiger partial charge is 0.336 e. The van der Waals surface area contributed by atoms with Gasteiger partial charge in [-0.25, -0.2) is 4.79 Å². The Labute approximate surface area is 137 Å². The van der Waals surface area contributed by atoms with E-state index in [1.165, 1.54) is 31.5 Å². The highest BCUT2D eigenvalue weighted by Crippen LogP contribution is 2.27. The molecule has 0 bridgehead atoms. The van der Waals surface area contributed by atoms with Crippen LogP contribution in [-0.2, 0) is 13.0 Å². The summed E-state index contributed by atoms with van der Waals surface area (Å²) in [7, 11) is 0. The molecule has 1 aliphatic rings. The third kappa shape index (κ3) is 3.42. The maximum atomic E-state index is 11.6. The molecule has 0 aliphatic carbocycles. The van der Waals surface area contributed by atoms with E-state index >= 15 is 0 Å². The number of hydrogen-bond donors (Lipinski definition) is 1. The lowest BCUT2D eigenvalue weighted by molar-refractivity contribution is 0.0699.